The zero-order valence-electron chi connectivity index (χ0n) is 12.0. The number of aromatic nitrogens is 1. The lowest BCUT2D eigenvalue weighted by molar-refractivity contribution is -0.144. The average Bonchev–Trinajstić information content (AvgIpc) is 3.07. The van der Waals surface area contributed by atoms with Crippen molar-refractivity contribution in [2.45, 2.75) is 13.0 Å². The van der Waals surface area contributed by atoms with Gasteiger partial charge in [-0.3, -0.25) is 9.59 Å². The number of ketones is 1. The van der Waals surface area contributed by atoms with Crippen molar-refractivity contribution < 1.29 is 19.1 Å². The fraction of sp³-hybridized carbons (Fsp3) is 0.188. The summed E-state index contributed by atoms with van der Waals surface area (Å²) in [4.78, 5) is 38.1. The molecule has 2 N–H and O–H groups in total. The molecule has 6 heteroatoms. The third kappa shape index (κ3) is 4.05. The van der Waals surface area contributed by atoms with Crippen LogP contribution in [0.1, 0.15) is 27.8 Å². The number of nitrogens with one attached hydrogen (secondary N) is 2. The molecule has 1 aromatic carbocycles. The number of H-pyrrole nitrogens is 1. The number of aromatic amines is 1. The first kappa shape index (κ1) is 15.5. The number of amides is 1. The molecule has 0 spiro atoms. The van der Waals surface area contributed by atoms with E-state index in [4.69, 9.17) is 4.74 Å². The third-order valence-electron chi connectivity index (χ3n) is 2.98. The zero-order chi connectivity index (χ0) is 15.9. The van der Waals surface area contributed by atoms with E-state index in [0.29, 0.717) is 11.3 Å². The second kappa shape index (κ2) is 7.21. The summed E-state index contributed by atoms with van der Waals surface area (Å²) in [6.45, 7) is 1.13. The van der Waals surface area contributed by atoms with Gasteiger partial charge >= 0.3 is 5.97 Å². The van der Waals surface area contributed by atoms with Crippen molar-refractivity contribution in [3.8, 4) is 0 Å². The Morgan fingerprint density at radius 2 is 1.86 bits per heavy atom. The second-order valence-electron chi connectivity index (χ2n) is 4.68. The molecule has 22 heavy (non-hydrogen) atoms. The minimum Gasteiger partial charge on any atom is -0.456 e. The fourth-order valence-corrected chi connectivity index (χ4v) is 1.77. The van der Waals surface area contributed by atoms with Crippen LogP contribution in [0.2, 0.25) is 0 Å². The Bertz CT molecular complexity index is 650. The Morgan fingerprint density at radius 1 is 1.14 bits per heavy atom. The number of benzene rings is 1. The van der Waals surface area contributed by atoms with E-state index in [1.54, 1.807) is 48.7 Å². The maximum atomic E-state index is 11.9. The highest BCUT2D eigenvalue weighted by atomic mass is 16.5. The smallest absolute Gasteiger partial charge is 0.328 e. The molecule has 0 saturated carbocycles. The molecule has 1 atom stereocenters. The van der Waals surface area contributed by atoms with Crippen molar-refractivity contribution in [2.75, 3.05) is 6.61 Å². The van der Waals surface area contributed by atoms with Crippen LogP contribution < -0.4 is 5.32 Å². The molecule has 0 aliphatic carbocycles. The van der Waals surface area contributed by atoms with E-state index < -0.39 is 12.0 Å². The van der Waals surface area contributed by atoms with E-state index in [-0.39, 0.29) is 18.3 Å². The van der Waals surface area contributed by atoms with Crippen LogP contribution in [0.25, 0.3) is 0 Å². The van der Waals surface area contributed by atoms with Gasteiger partial charge in [0.15, 0.2) is 6.61 Å². The molecule has 2 aromatic rings. The number of esters is 1. The number of carbonyl (C=O) groups is 3. The van der Waals surface area contributed by atoms with Crippen LogP contribution in [-0.4, -0.2) is 35.3 Å². The summed E-state index contributed by atoms with van der Waals surface area (Å²) in [6, 6.07) is 11.0. The minimum absolute atomic E-state index is 0.333. The lowest BCUT2D eigenvalue weighted by atomic mass is 10.2. The highest BCUT2D eigenvalue weighted by Crippen LogP contribution is 2.01. The maximum Gasteiger partial charge on any atom is 0.328 e. The number of rotatable bonds is 6. The summed E-state index contributed by atoms with van der Waals surface area (Å²) in [5.41, 5.74) is 0.818. The molecular formula is C16H16N2O4. The van der Waals surface area contributed by atoms with Crippen LogP contribution in [0.15, 0.2) is 48.7 Å². The SMILES string of the molecule is C[C@@H](NC(=O)c1ccccc1)C(=O)OCC(=O)c1ccc[nH]1. The summed E-state index contributed by atoms with van der Waals surface area (Å²) in [7, 11) is 0. The van der Waals surface area contributed by atoms with Gasteiger partial charge in [0.05, 0.1) is 5.69 Å². The number of carbonyl (C=O) groups excluding carboxylic acids is 3. The molecule has 1 heterocycles. The van der Waals surface area contributed by atoms with Gasteiger partial charge in [-0.2, -0.15) is 0 Å². The standard InChI is InChI=1S/C16H16N2O4/c1-11(18-15(20)12-6-3-2-4-7-12)16(21)22-10-14(19)13-8-5-9-17-13/h2-9,11,17H,10H2,1H3,(H,18,20)/t11-/m1/s1. The highest BCUT2D eigenvalue weighted by molar-refractivity contribution is 5.98. The monoisotopic (exact) mass is 300 g/mol. The van der Waals surface area contributed by atoms with Crippen LogP contribution in [0.4, 0.5) is 0 Å². The first-order valence-corrected chi connectivity index (χ1v) is 6.77. The van der Waals surface area contributed by atoms with Gasteiger partial charge in [-0.05, 0) is 31.2 Å². The normalized spacial score (nSPS) is 11.5. The predicted molar refractivity (Wildman–Crippen MR) is 79.5 cm³/mol. The molecule has 1 amide bonds. The molecule has 2 rings (SSSR count). The van der Waals surface area contributed by atoms with Crippen LogP contribution in [-0.2, 0) is 9.53 Å². The fourth-order valence-electron chi connectivity index (χ4n) is 1.77. The van der Waals surface area contributed by atoms with Crippen LogP contribution in [0, 0.1) is 0 Å². The summed E-state index contributed by atoms with van der Waals surface area (Å²) in [5, 5.41) is 2.52. The molecule has 0 fully saturated rings. The maximum absolute atomic E-state index is 11.9. The van der Waals surface area contributed by atoms with E-state index in [1.807, 2.05) is 0 Å². The Balaban J connectivity index is 1.82. The van der Waals surface area contributed by atoms with Crippen molar-refractivity contribution in [1.82, 2.24) is 10.3 Å². The quantitative estimate of drug-likeness (QED) is 0.626. The van der Waals surface area contributed by atoms with E-state index in [1.165, 1.54) is 6.92 Å². The molecule has 0 bridgehead atoms. The van der Waals surface area contributed by atoms with Crippen molar-refractivity contribution in [3.05, 3.63) is 59.9 Å². The molecule has 0 aliphatic heterocycles. The van der Waals surface area contributed by atoms with E-state index in [9.17, 15) is 14.4 Å². The van der Waals surface area contributed by atoms with Gasteiger partial charge in [-0.15, -0.1) is 0 Å². The predicted octanol–water partition coefficient (Wildman–Crippen LogP) is 1.56. The summed E-state index contributed by atoms with van der Waals surface area (Å²) < 4.78 is 4.90. The Morgan fingerprint density at radius 3 is 2.50 bits per heavy atom. The summed E-state index contributed by atoms with van der Waals surface area (Å²) in [6.07, 6.45) is 1.61. The molecule has 0 aliphatic rings. The van der Waals surface area contributed by atoms with Gasteiger partial charge in [0.2, 0.25) is 5.78 Å². The lowest BCUT2D eigenvalue weighted by Crippen LogP contribution is -2.40. The second-order valence-corrected chi connectivity index (χ2v) is 4.68. The van der Waals surface area contributed by atoms with Gasteiger partial charge in [0.1, 0.15) is 6.04 Å². The van der Waals surface area contributed by atoms with Gasteiger partial charge in [-0.1, -0.05) is 18.2 Å². The number of hydrogen-bond acceptors (Lipinski definition) is 4. The third-order valence-corrected chi connectivity index (χ3v) is 2.98. The zero-order valence-corrected chi connectivity index (χ0v) is 12.0. The number of hydrogen-bond donors (Lipinski definition) is 2. The number of ether oxygens (including phenoxy) is 1. The van der Waals surface area contributed by atoms with Gasteiger partial charge in [0, 0.05) is 11.8 Å². The largest absolute Gasteiger partial charge is 0.456 e. The topological polar surface area (TPSA) is 88.3 Å². The Hall–Kier alpha value is -2.89. The van der Waals surface area contributed by atoms with Crippen LogP contribution in [0.3, 0.4) is 0 Å². The minimum atomic E-state index is -0.843. The lowest BCUT2D eigenvalue weighted by Gasteiger charge is -2.13. The summed E-state index contributed by atoms with van der Waals surface area (Å²) >= 11 is 0. The molecule has 114 valence electrons. The van der Waals surface area contributed by atoms with Gasteiger partial charge in [-0.25, -0.2) is 4.79 Å². The van der Waals surface area contributed by atoms with Gasteiger partial charge < -0.3 is 15.0 Å². The van der Waals surface area contributed by atoms with Crippen molar-refractivity contribution in [3.63, 3.8) is 0 Å². The average molecular weight is 300 g/mol. The molecular weight excluding hydrogens is 284 g/mol. The van der Waals surface area contributed by atoms with E-state index in [2.05, 4.69) is 10.3 Å². The van der Waals surface area contributed by atoms with Gasteiger partial charge in [0.25, 0.3) is 5.91 Å². The first-order valence-electron chi connectivity index (χ1n) is 6.77. The first-order chi connectivity index (χ1) is 10.6. The molecule has 0 unspecified atom stereocenters. The van der Waals surface area contributed by atoms with Crippen molar-refractivity contribution in [2.24, 2.45) is 0 Å². The molecule has 6 nitrogen and oxygen atoms in total. The molecule has 0 radical (unpaired) electrons. The Kier molecular flexibility index (Phi) is 5.08. The number of Topliss-reactive ketones (excluding diaryl/α,β-unsaturated/α-hetero) is 1. The van der Waals surface area contributed by atoms with Crippen molar-refractivity contribution >= 4 is 17.7 Å². The Labute approximate surface area is 127 Å². The van der Waals surface area contributed by atoms with Crippen LogP contribution in [0.5, 0.6) is 0 Å². The molecule has 1 aromatic heterocycles. The highest BCUT2D eigenvalue weighted by Gasteiger charge is 2.19. The van der Waals surface area contributed by atoms with E-state index in [0.717, 1.165) is 0 Å². The van der Waals surface area contributed by atoms with Crippen molar-refractivity contribution in [1.29, 1.82) is 0 Å². The summed E-state index contributed by atoms with van der Waals surface area (Å²) in [5.74, 6) is -1.37. The van der Waals surface area contributed by atoms with Crippen LogP contribution >= 0.6 is 0 Å². The molecule has 0 saturated heterocycles. The van der Waals surface area contributed by atoms with E-state index >= 15 is 0 Å².